The fourth-order valence-electron chi connectivity index (χ4n) is 3.65. The average molecular weight is 410 g/mol. The zero-order valence-corrected chi connectivity index (χ0v) is 16.1. The molecule has 0 aliphatic carbocycles. The zero-order valence-electron chi connectivity index (χ0n) is 14.5. The zero-order chi connectivity index (χ0) is 18.1. The Morgan fingerprint density at radius 1 is 1.00 bits per heavy atom. The molecular formula is C22H20BrNO2. The lowest BCUT2D eigenvalue weighted by molar-refractivity contribution is 0.413. The summed E-state index contributed by atoms with van der Waals surface area (Å²) in [7, 11) is 1.70. The standard InChI is InChI=1S/C22H20BrNO2/c1-26-20-11-13-22-16(14-20)4-12-21(15-2-5-17(23)6-3-15)24(22)18-7-9-19(25)10-8-18/h2-3,5-11,13-14,21,25H,4,12H2,1H3. The number of anilines is 2. The van der Waals surface area contributed by atoms with Crippen molar-refractivity contribution in [1.29, 1.82) is 0 Å². The monoisotopic (exact) mass is 409 g/mol. The van der Waals surface area contributed by atoms with Gasteiger partial charge in [-0.3, -0.25) is 0 Å². The Balaban J connectivity index is 1.83. The number of hydrogen-bond donors (Lipinski definition) is 1. The Morgan fingerprint density at radius 3 is 2.42 bits per heavy atom. The van der Waals surface area contributed by atoms with Crippen molar-refractivity contribution in [2.24, 2.45) is 0 Å². The van der Waals surface area contributed by atoms with Gasteiger partial charge in [0.25, 0.3) is 0 Å². The second kappa shape index (κ2) is 7.04. The molecule has 1 heterocycles. The predicted octanol–water partition coefficient (Wildman–Crippen LogP) is 5.99. The Morgan fingerprint density at radius 2 is 1.73 bits per heavy atom. The topological polar surface area (TPSA) is 32.7 Å². The molecule has 1 N–H and O–H groups in total. The molecular weight excluding hydrogens is 390 g/mol. The van der Waals surface area contributed by atoms with E-state index in [-0.39, 0.29) is 11.8 Å². The number of rotatable bonds is 3. The summed E-state index contributed by atoms with van der Waals surface area (Å²) in [5.74, 6) is 1.16. The molecule has 0 bridgehead atoms. The second-order valence-electron chi connectivity index (χ2n) is 6.49. The van der Waals surface area contributed by atoms with Crippen molar-refractivity contribution in [3.63, 3.8) is 0 Å². The quantitative estimate of drug-likeness (QED) is 0.576. The smallest absolute Gasteiger partial charge is 0.119 e. The van der Waals surface area contributed by atoms with Gasteiger partial charge in [-0.05, 0) is 78.6 Å². The average Bonchev–Trinajstić information content (AvgIpc) is 2.68. The van der Waals surface area contributed by atoms with Gasteiger partial charge in [0, 0.05) is 15.8 Å². The van der Waals surface area contributed by atoms with E-state index in [1.54, 1.807) is 19.2 Å². The fraction of sp³-hybridized carbons (Fsp3) is 0.182. The number of hydrogen-bond acceptors (Lipinski definition) is 3. The van der Waals surface area contributed by atoms with Gasteiger partial charge in [-0.2, -0.15) is 0 Å². The number of ether oxygens (including phenoxy) is 1. The summed E-state index contributed by atoms with van der Waals surface area (Å²) in [6, 6.07) is 22.5. The van der Waals surface area contributed by atoms with Crippen LogP contribution in [0.15, 0.2) is 71.2 Å². The first kappa shape index (κ1) is 17.0. The van der Waals surface area contributed by atoms with Gasteiger partial charge in [-0.1, -0.05) is 28.1 Å². The lowest BCUT2D eigenvalue weighted by atomic mass is 9.90. The number of halogens is 1. The number of nitrogens with zero attached hydrogens (tertiary/aromatic N) is 1. The van der Waals surface area contributed by atoms with Crippen LogP contribution in [0.5, 0.6) is 11.5 Å². The van der Waals surface area contributed by atoms with Crippen molar-refractivity contribution < 1.29 is 9.84 Å². The van der Waals surface area contributed by atoms with E-state index in [2.05, 4.69) is 57.2 Å². The van der Waals surface area contributed by atoms with Crippen LogP contribution in [0.25, 0.3) is 0 Å². The van der Waals surface area contributed by atoms with Crippen LogP contribution in [-0.4, -0.2) is 12.2 Å². The molecule has 1 unspecified atom stereocenters. The maximum absolute atomic E-state index is 9.69. The highest BCUT2D eigenvalue weighted by molar-refractivity contribution is 9.10. The van der Waals surface area contributed by atoms with E-state index < -0.39 is 0 Å². The SMILES string of the molecule is COc1ccc2c(c1)CCC(c1ccc(Br)cc1)N2c1ccc(O)cc1. The molecule has 1 aliphatic heterocycles. The van der Waals surface area contributed by atoms with Crippen LogP contribution < -0.4 is 9.64 Å². The van der Waals surface area contributed by atoms with Gasteiger partial charge in [0.15, 0.2) is 0 Å². The first-order valence-corrected chi connectivity index (χ1v) is 9.45. The lowest BCUT2D eigenvalue weighted by Crippen LogP contribution is -2.29. The van der Waals surface area contributed by atoms with Crippen molar-refractivity contribution in [3.8, 4) is 11.5 Å². The summed E-state index contributed by atoms with van der Waals surface area (Å²) in [4.78, 5) is 2.36. The van der Waals surface area contributed by atoms with Crippen LogP contribution in [0, 0.1) is 0 Å². The minimum absolute atomic E-state index is 0.244. The van der Waals surface area contributed by atoms with Crippen LogP contribution in [0.3, 0.4) is 0 Å². The number of phenolic OH excluding ortho intramolecular Hbond substituents is 1. The third-order valence-corrected chi connectivity index (χ3v) is 5.46. The van der Waals surface area contributed by atoms with Gasteiger partial charge in [-0.15, -0.1) is 0 Å². The molecule has 0 saturated heterocycles. The summed E-state index contributed by atoms with van der Waals surface area (Å²) in [6.45, 7) is 0. The highest BCUT2D eigenvalue weighted by atomic mass is 79.9. The first-order chi connectivity index (χ1) is 12.7. The number of benzene rings is 3. The van der Waals surface area contributed by atoms with E-state index in [9.17, 15) is 5.11 Å². The minimum atomic E-state index is 0.244. The van der Waals surface area contributed by atoms with Gasteiger partial charge in [0.2, 0.25) is 0 Å². The maximum Gasteiger partial charge on any atom is 0.119 e. The number of aromatic hydroxyl groups is 1. The van der Waals surface area contributed by atoms with Crippen LogP contribution in [-0.2, 0) is 6.42 Å². The molecule has 1 atom stereocenters. The molecule has 0 saturated carbocycles. The van der Waals surface area contributed by atoms with E-state index in [0.717, 1.165) is 28.8 Å². The molecule has 0 radical (unpaired) electrons. The van der Waals surface area contributed by atoms with Crippen molar-refractivity contribution in [3.05, 3.63) is 82.3 Å². The molecule has 0 amide bonds. The Bertz CT molecular complexity index is 906. The largest absolute Gasteiger partial charge is 0.508 e. The molecule has 4 rings (SSSR count). The van der Waals surface area contributed by atoms with Crippen LogP contribution in [0.2, 0.25) is 0 Å². The number of fused-ring (bicyclic) bond motifs is 1. The van der Waals surface area contributed by atoms with Crippen LogP contribution >= 0.6 is 15.9 Å². The molecule has 3 aromatic rings. The highest BCUT2D eigenvalue weighted by Gasteiger charge is 2.29. The molecule has 3 nitrogen and oxygen atoms in total. The summed E-state index contributed by atoms with van der Waals surface area (Å²) in [6.07, 6.45) is 2.02. The summed E-state index contributed by atoms with van der Waals surface area (Å²) < 4.78 is 6.49. The van der Waals surface area contributed by atoms with E-state index in [0.29, 0.717) is 0 Å². The molecule has 0 spiro atoms. The van der Waals surface area contributed by atoms with Gasteiger partial charge >= 0.3 is 0 Å². The second-order valence-corrected chi connectivity index (χ2v) is 7.40. The predicted molar refractivity (Wildman–Crippen MR) is 108 cm³/mol. The fourth-order valence-corrected chi connectivity index (χ4v) is 3.91. The maximum atomic E-state index is 9.69. The van der Waals surface area contributed by atoms with Crippen molar-refractivity contribution in [2.45, 2.75) is 18.9 Å². The first-order valence-electron chi connectivity index (χ1n) is 8.66. The molecule has 4 heteroatoms. The Kier molecular flexibility index (Phi) is 4.60. The summed E-state index contributed by atoms with van der Waals surface area (Å²) in [5.41, 5.74) is 4.83. The number of methoxy groups -OCH3 is 1. The Hall–Kier alpha value is -2.46. The van der Waals surface area contributed by atoms with Crippen molar-refractivity contribution in [2.75, 3.05) is 12.0 Å². The van der Waals surface area contributed by atoms with E-state index in [1.807, 2.05) is 18.2 Å². The molecule has 0 aromatic heterocycles. The van der Waals surface area contributed by atoms with Gasteiger partial charge in [0.05, 0.1) is 13.2 Å². The molecule has 26 heavy (non-hydrogen) atoms. The van der Waals surface area contributed by atoms with E-state index in [4.69, 9.17) is 4.74 Å². The molecule has 3 aromatic carbocycles. The van der Waals surface area contributed by atoms with E-state index in [1.165, 1.54) is 16.8 Å². The summed E-state index contributed by atoms with van der Waals surface area (Å²) in [5, 5.41) is 9.69. The van der Waals surface area contributed by atoms with Gasteiger partial charge < -0.3 is 14.7 Å². The minimum Gasteiger partial charge on any atom is -0.508 e. The molecule has 132 valence electrons. The third-order valence-electron chi connectivity index (χ3n) is 4.93. The van der Waals surface area contributed by atoms with Gasteiger partial charge in [-0.25, -0.2) is 0 Å². The van der Waals surface area contributed by atoms with Crippen LogP contribution in [0.1, 0.15) is 23.6 Å². The van der Waals surface area contributed by atoms with Crippen molar-refractivity contribution >= 4 is 27.3 Å². The van der Waals surface area contributed by atoms with E-state index >= 15 is 0 Å². The van der Waals surface area contributed by atoms with Crippen LogP contribution in [0.4, 0.5) is 11.4 Å². The normalized spacial score (nSPS) is 16.2. The number of phenols is 1. The number of aryl methyl sites for hydroxylation is 1. The third kappa shape index (κ3) is 3.17. The highest BCUT2D eigenvalue weighted by Crippen LogP contribution is 2.45. The lowest BCUT2D eigenvalue weighted by Gasteiger charge is -2.39. The summed E-state index contributed by atoms with van der Waals surface area (Å²) >= 11 is 3.52. The molecule has 0 fully saturated rings. The van der Waals surface area contributed by atoms with Crippen molar-refractivity contribution in [1.82, 2.24) is 0 Å². The van der Waals surface area contributed by atoms with Gasteiger partial charge in [0.1, 0.15) is 11.5 Å². The Labute approximate surface area is 162 Å². The molecule has 1 aliphatic rings.